The average Bonchev–Trinajstić information content (AvgIpc) is 3.09. The number of ether oxygens (including phenoxy) is 1. The molecular weight excluding hydrogens is 355 g/mol. The van der Waals surface area contributed by atoms with Crippen LogP contribution in [0.2, 0.25) is 0 Å². The van der Waals surface area contributed by atoms with Gasteiger partial charge in [-0.25, -0.2) is 9.37 Å². The minimum Gasteiger partial charge on any atom is -0.496 e. The van der Waals surface area contributed by atoms with Crippen molar-refractivity contribution >= 4 is 0 Å². The van der Waals surface area contributed by atoms with Gasteiger partial charge in [-0.1, -0.05) is 30.7 Å². The summed E-state index contributed by atoms with van der Waals surface area (Å²) in [4.78, 5) is 7.20. The first-order chi connectivity index (χ1) is 13.7. The van der Waals surface area contributed by atoms with Gasteiger partial charge in [0.2, 0.25) is 5.89 Å². The molecule has 0 bridgehead atoms. The zero-order valence-electron chi connectivity index (χ0n) is 16.3. The standard InChI is InChI=1S/C23H25FN2O2/c1-16-20(25-23(28-16)19-7-3-4-9-22(19)27-2)15-26-14-6-5-8-21(26)17-10-12-18(24)13-11-17/h3-4,7,9-13,21H,5-6,8,14-15H2,1-2H3. The van der Waals surface area contributed by atoms with Crippen LogP contribution in [-0.2, 0) is 6.54 Å². The first kappa shape index (κ1) is 18.7. The number of para-hydroxylation sites is 1. The van der Waals surface area contributed by atoms with E-state index >= 15 is 0 Å². The number of methoxy groups -OCH3 is 1. The molecule has 0 amide bonds. The summed E-state index contributed by atoms with van der Waals surface area (Å²) in [6.07, 6.45) is 3.42. The molecule has 1 saturated heterocycles. The van der Waals surface area contributed by atoms with Gasteiger partial charge in [0, 0.05) is 12.6 Å². The van der Waals surface area contributed by atoms with E-state index in [0.29, 0.717) is 12.4 Å². The van der Waals surface area contributed by atoms with Crippen molar-refractivity contribution in [2.75, 3.05) is 13.7 Å². The first-order valence-electron chi connectivity index (χ1n) is 9.75. The van der Waals surface area contributed by atoms with E-state index in [-0.39, 0.29) is 11.9 Å². The SMILES string of the molecule is COc1ccccc1-c1nc(CN2CCCCC2c2ccc(F)cc2)c(C)o1. The van der Waals surface area contributed by atoms with Crippen molar-refractivity contribution in [1.82, 2.24) is 9.88 Å². The molecule has 0 saturated carbocycles. The predicted molar refractivity (Wildman–Crippen MR) is 107 cm³/mol. The van der Waals surface area contributed by atoms with Gasteiger partial charge in [0.15, 0.2) is 0 Å². The second-order valence-corrected chi connectivity index (χ2v) is 7.26. The number of hydrogen-bond donors (Lipinski definition) is 0. The van der Waals surface area contributed by atoms with Crippen LogP contribution in [0, 0.1) is 12.7 Å². The highest BCUT2D eigenvalue weighted by Gasteiger charge is 2.26. The Kier molecular flexibility index (Phi) is 5.44. The van der Waals surface area contributed by atoms with E-state index in [4.69, 9.17) is 14.1 Å². The normalized spacial score (nSPS) is 17.6. The second kappa shape index (κ2) is 8.15. The highest BCUT2D eigenvalue weighted by molar-refractivity contribution is 5.62. The fraction of sp³-hybridized carbons (Fsp3) is 0.348. The molecule has 1 unspecified atom stereocenters. The van der Waals surface area contributed by atoms with Gasteiger partial charge >= 0.3 is 0 Å². The number of benzene rings is 2. The number of aromatic nitrogens is 1. The molecule has 1 fully saturated rings. The van der Waals surface area contributed by atoms with Crippen molar-refractivity contribution < 1.29 is 13.5 Å². The minimum atomic E-state index is -0.195. The van der Waals surface area contributed by atoms with Crippen LogP contribution < -0.4 is 4.74 Å². The van der Waals surface area contributed by atoms with Crippen molar-refractivity contribution in [2.24, 2.45) is 0 Å². The number of rotatable bonds is 5. The van der Waals surface area contributed by atoms with Gasteiger partial charge in [0.25, 0.3) is 0 Å². The van der Waals surface area contributed by atoms with Crippen LogP contribution in [0.3, 0.4) is 0 Å². The Labute approximate surface area is 165 Å². The zero-order chi connectivity index (χ0) is 19.5. The van der Waals surface area contributed by atoms with E-state index in [1.165, 1.54) is 6.42 Å². The third kappa shape index (κ3) is 3.80. The van der Waals surface area contributed by atoms with Gasteiger partial charge in [-0.2, -0.15) is 0 Å². The van der Waals surface area contributed by atoms with Crippen molar-refractivity contribution in [3.05, 3.63) is 71.4 Å². The molecule has 146 valence electrons. The van der Waals surface area contributed by atoms with Gasteiger partial charge in [-0.05, 0) is 56.1 Å². The molecule has 1 atom stereocenters. The lowest BCUT2D eigenvalue weighted by Gasteiger charge is -2.35. The number of likely N-dealkylation sites (tertiary alicyclic amines) is 1. The van der Waals surface area contributed by atoms with E-state index in [2.05, 4.69) is 4.90 Å². The Bertz CT molecular complexity index is 936. The smallest absolute Gasteiger partial charge is 0.230 e. The summed E-state index contributed by atoms with van der Waals surface area (Å²) >= 11 is 0. The molecule has 0 N–H and O–H groups in total. The zero-order valence-corrected chi connectivity index (χ0v) is 16.3. The van der Waals surface area contributed by atoms with E-state index in [1.807, 2.05) is 43.3 Å². The summed E-state index contributed by atoms with van der Waals surface area (Å²) in [5, 5.41) is 0. The van der Waals surface area contributed by atoms with Gasteiger partial charge in [-0.3, -0.25) is 4.90 Å². The molecule has 3 aromatic rings. The lowest BCUT2D eigenvalue weighted by molar-refractivity contribution is 0.138. The lowest BCUT2D eigenvalue weighted by atomic mass is 9.95. The Morgan fingerprint density at radius 1 is 1.14 bits per heavy atom. The highest BCUT2D eigenvalue weighted by atomic mass is 19.1. The molecule has 5 heteroatoms. The molecule has 4 nitrogen and oxygen atoms in total. The number of oxazole rings is 1. The van der Waals surface area contributed by atoms with Crippen LogP contribution in [0.1, 0.15) is 42.3 Å². The monoisotopic (exact) mass is 380 g/mol. The Balaban J connectivity index is 1.59. The van der Waals surface area contributed by atoms with Crippen LogP contribution in [0.25, 0.3) is 11.5 Å². The molecule has 0 aliphatic carbocycles. The minimum absolute atomic E-state index is 0.195. The van der Waals surface area contributed by atoms with Gasteiger partial charge in [0.1, 0.15) is 17.3 Å². The molecule has 1 aliphatic rings. The van der Waals surface area contributed by atoms with E-state index < -0.39 is 0 Å². The highest BCUT2D eigenvalue weighted by Crippen LogP contribution is 2.34. The quantitative estimate of drug-likeness (QED) is 0.584. The fourth-order valence-electron chi connectivity index (χ4n) is 3.95. The number of hydrogen-bond acceptors (Lipinski definition) is 4. The predicted octanol–water partition coefficient (Wildman–Crippen LogP) is 5.52. The third-order valence-electron chi connectivity index (χ3n) is 5.45. The van der Waals surface area contributed by atoms with Gasteiger partial charge in [0.05, 0.1) is 18.4 Å². The van der Waals surface area contributed by atoms with Gasteiger partial charge < -0.3 is 9.15 Å². The Morgan fingerprint density at radius 3 is 2.71 bits per heavy atom. The van der Waals surface area contributed by atoms with Crippen LogP contribution in [0.5, 0.6) is 5.75 Å². The molecule has 1 aromatic heterocycles. The average molecular weight is 380 g/mol. The Morgan fingerprint density at radius 2 is 1.93 bits per heavy atom. The molecule has 1 aliphatic heterocycles. The molecule has 2 heterocycles. The summed E-state index contributed by atoms with van der Waals surface area (Å²) in [6.45, 7) is 3.67. The molecule has 4 rings (SSSR count). The number of piperidine rings is 1. The van der Waals surface area contributed by atoms with Crippen molar-refractivity contribution in [1.29, 1.82) is 0 Å². The van der Waals surface area contributed by atoms with Crippen LogP contribution >= 0.6 is 0 Å². The summed E-state index contributed by atoms with van der Waals surface area (Å²) < 4.78 is 24.7. The maximum absolute atomic E-state index is 13.3. The molecule has 0 spiro atoms. The molecule has 2 aromatic carbocycles. The number of aryl methyl sites for hydroxylation is 1. The summed E-state index contributed by atoms with van der Waals surface area (Å²) in [6, 6.07) is 14.9. The largest absolute Gasteiger partial charge is 0.496 e. The lowest BCUT2D eigenvalue weighted by Crippen LogP contribution is -2.33. The Hall–Kier alpha value is -2.66. The van der Waals surface area contributed by atoms with Crippen LogP contribution in [0.15, 0.2) is 52.9 Å². The third-order valence-corrected chi connectivity index (χ3v) is 5.45. The van der Waals surface area contributed by atoms with E-state index in [1.54, 1.807) is 19.2 Å². The van der Waals surface area contributed by atoms with Crippen LogP contribution in [-0.4, -0.2) is 23.5 Å². The van der Waals surface area contributed by atoms with Crippen molar-refractivity contribution in [3.63, 3.8) is 0 Å². The summed E-state index contributed by atoms with van der Waals surface area (Å²) in [7, 11) is 1.65. The summed E-state index contributed by atoms with van der Waals surface area (Å²) in [5.74, 6) is 1.96. The van der Waals surface area contributed by atoms with E-state index in [9.17, 15) is 4.39 Å². The van der Waals surface area contributed by atoms with Gasteiger partial charge in [-0.15, -0.1) is 0 Å². The first-order valence-corrected chi connectivity index (χ1v) is 9.75. The van der Waals surface area contributed by atoms with Crippen LogP contribution in [0.4, 0.5) is 4.39 Å². The fourth-order valence-corrected chi connectivity index (χ4v) is 3.95. The maximum atomic E-state index is 13.3. The van der Waals surface area contributed by atoms with Crippen molar-refractivity contribution in [2.45, 2.75) is 38.8 Å². The number of nitrogens with zero attached hydrogens (tertiary/aromatic N) is 2. The number of halogens is 1. The second-order valence-electron chi connectivity index (χ2n) is 7.26. The van der Waals surface area contributed by atoms with Crippen molar-refractivity contribution in [3.8, 4) is 17.2 Å². The topological polar surface area (TPSA) is 38.5 Å². The molecule has 0 radical (unpaired) electrons. The maximum Gasteiger partial charge on any atom is 0.230 e. The molecule has 28 heavy (non-hydrogen) atoms. The summed E-state index contributed by atoms with van der Waals surface area (Å²) in [5.41, 5.74) is 2.95. The molecular formula is C23H25FN2O2. The van der Waals surface area contributed by atoms with E-state index in [0.717, 1.165) is 47.7 Å².